The number of fused-ring (bicyclic) bond motifs is 1. The number of pyridine rings is 1. The van der Waals surface area contributed by atoms with E-state index in [9.17, 15) is 34.1 Å². The van der Waals surface area contributed by atoms with E-state index >= 15 is 0 Å². The van der Waals surface area contributed by atoms with Crippen LogP contribution in [-0.2, 0) is 22.6 Å². The molecule has 5 amide bonds. The molecule has 0 saturated carbocycles. The van der Waals surface area contributed by atoms with Crippen LogP contribution in [0.2, 0.25) is 0 Å². The number of aryl methyl sites for hydroxylation is 1. The first-order chi connectivity index (χ1) is 29.1. The second-order valence-electron chi connectivity index (χ2n) is 14.6. The Kier molecular flexibility index (Phi) is 11.1. The average molecular weight is 803 g/mol. The third-order valence-electron chi connectivity index (χ3n) is 10.7. The van der Waals surface area contributed by atoms with Gasteiger partial charge in [-0.3, -0.25) is 39.4 Å². The molecule has 3 N–H and O–H groups in total. The van der Waals surface area contributed by atoms with Crippen LogP contribution in [0.4, 0.5) is 11.4 Å². The van der Waals surface area contributed by atoms with Gasteiger partial charge in [0.25, 0.3) is 23.4 Å². The second kappa shape index (κ2) is 17.0. The highest BCUT2D eigenvalue weighted by molar-refractivity contribution is 6.06. The van der Waals surface area contributed by atoms with E-state index < -0.39 is 16.9 Å². The molecule has 14 heteroatoms. The molecular formula is C46H38N6O8. The van der Waals surface area contributed by atoms with Crippen LogP contribution in [-0.4, -0.2) is 56.9 Å². The molecule has 14 nitrogen and oxygen atoms in total. The number of carbonyl (C=O) groups excluding carboxylic acids is 5. The fourth-order valence-corrected chi connectivity index (χ4v) is 7.50. The van der Waals surface area contributed by atoms with Crippen LogP contribution in [0.1, 0.15) is 67.9 Å². The molecule has 0 radical (unpaired) electrons. The fraction of sp³-hybridized carbons (Fsp3) is 0.174. The molecular weight excluding hydrogens is 765 g/mol. The zero-order chi connectivity index (χ0) is 41.8. The Morgan fingerprint density at radius 3 is 2.25 bits per heavy atom. The first kappa shape index (κ1) is 39.1. The molecule has 60 heavy (non-hydrogen) atoms. The van der Waals surface area contributed by atoms with Crippen molar-refractivity contribution >= 4 is 40.9 Å². The molecule has 0 aliphatic carbocycles. The summed E-state index contributed by atoms with van der Waals surface area (Å²) in [6, 6.07) is 32.1. The van der Waals surface area contributed by atoms with Gasteiger partial charge in [-0.1, -0.05) is 24.3 Å². The monoisotopic (exact) mass is 802 g/mol. The summed E-state index contributed by atoms with van der Waals surface area (Å²) in [4.78, 5) is 80.3. The third kappa shape index (κ3) is 8.43. The summed E-state index contributed by atoms with van der Waals surface area (Å²) < 4.78 is 5.60. The summed E-state index contributed by atoms with van der Waals surface area (Å²) in [5, 5.41) is 19.3. The topological polar surface area (TPSA) is 194 Å². The van der Waals surface area contributed by atoms with Crippen LogP contribution in [0.15, 0.2) is 126 Å². The third-order valence-corrected chi connectivity index (χ3v) is 10.7. The summed E-state index contributed by atoms with van der Waals surface area (Å²) in [6.07, 6.45) is 4.26. The molecule has 1 atom stereocenters. The van der Waals surface area contributed by atoms with Crippen LogP contribution < -0.4 is 16.0 Å². The summed E-state index contributed by atoms with van der Waals surface area (Å²) in [5.74, 6) is -0.958. The number of nitrogens with zero attached hydrogens (tertiary/aromatic N) is 3. The summed E-state index contributed by atoms with van der Waals surface area (Å²) in [6.45, 7) is 0.776. The maximum Gasteiger partial charge on any atom is 0.269 e. The van der Waals surface area contributed by atoms with Crippen molar-refractivity contribution < 1.29 is 33.3 Å². The molecule has 4 heterocycles. The Balaban J connectivity index is 0.834. The maximum atomic E-state index is 13.2. The minimum atomic E-state index is -0.661. The van der Waals surface area contributed by atoms with Crippen molar-refractivity contribution in [2.24, 2.45) is 0 Å². The number of nitrogens with one attached hydrogen (secondary N) is 3. The molecule has 2 aromatic heterocycles. The predicted octanol–water partition coefficient (Wildman–Crippen LogP) is 7.35. The van der Waals surface area contributed by atoms with E-state index in [2.05, 4.69) is 16.0 Å². The zero-order valence-electron chi connectivity index (χ0n) is 32.2. The summed E-state index contributed by atoms with van der Waals surface area (Å²) >= 11 is 0. The molecule has 0 bridgehead atoms. The van der Waals surface area contributed by atoms with Gasteiger partial charge in [-0.2, -0.15) is 0 Å². The molecule has 1 saturated heterocycles. The number of aromatic nitrogens is 1. The van der Waals surface area contributed by atoms with Crippen molar-refractivity contribution in [3.05, 3.63) is 159 Å². The van der Waals surface area contributed by atoms with Gasteiger partial charge in [-0.15, -0.1) is 0 Å². The number of rotatable bonds is 13. The highest BCUT2D eigenvalue weighted by Gasteiger charge is 2.39. The average Bonchev–Trinajstić information content (AvgIpc) is 3.93. The molecule has 6 aromatic rings. The van der Waals surface area contributed by atoms with Crippen LogP contribution in [0.5, 0.6) is 0 Å². The largest absolute Gasteiger partial charge is 0.463 e. The van der Waals surface area contributed by atoms with Crippen molar-refractivity contribution in [1.29, 1.82) is 0 Å². The summed E-state index contributed by atoms with van der Waals surface area (Å²) in [7, 11) is 0. The number of furan rings is 1. The standard InChI is InChI=1S/C46H38N6O8/c53-42-22-21-40(45(56)50-42)51-27-37-29(6-3-7-36(37)46(51)57)5-1-2-23-47-43(54)31-13-17-34(18-14-31)48-44(55)32-11-9-28(10-12-32)33-25-38(30-15-19-35(20-16-30)52(58)59)49-39(26-33)41-8-4-24-60-41/h3-4,6-20,24-26,40H,1-2,5,21-23,27H2,(H,47,54)(H,48,55)(H,50,53,56). The van der Waals surface area contributed by atoms with E-state index in [0.29, 0.717) is 77.4 Å². The molecule has 1 fully saturated rings. The lowest BCUT2D eigenvalue weighted by Crippen LogP contribution is -2.52. The van der Waals surface area contributed by atoms with Crippen molar-refractivity contribution in [3.8, 4) is 33.8 Å². The van der Waals surface area contributed by atoms with Crippen molar-refractivity contribution in [1.82, 2.24) is 20.5 Å². The molecule has 2 aliphatic rings. The number of benzene rings is 4. The van der Waals surface area contributed by atoms with Gasteiger partial charge in [0.2, 0.25) is 11.8 Å². The SMILES string of the molecule is O=C1CCC(N2Cc3c(CCCCNC(=O)c4ccc(NC(=O)c5ccc(-c6cc(-c7ccc([N+](=O)[O-])cc7)nc(-c7ccco7)c6)cc5)cc4)cccc3C2=O)C(=O)N1. The lowest BCUT2D eigenvalue weighted by molar-refractivity contribution is -0.384. The van der Waals surface area contributed by atoms with Gasteiger partial charge >= 0.3 is 0 Å². The minimum Gasteiger partial charge on any atom is -0.463 e. The van der Waals surface area contributed by atoms with Gasteiger partial charge in [0, 0.05) is 59.6 Å². The number of piperidine rings is 1. The number of imide groups is 1. The van der Waals surface area contributed by atoms with Gasteiger partial charge in [0.1, 0.15) is 11.7 Å². The molecule has 0 spiro atoms. The zero-order valence-corrected chi connectivity index (χ0v) is 32.2. The lowest BCUT2D eigenvalue weighted by atomic mass is 9.99. The first-order valence-electron chi connectivity index (χ1n) is 19.5. The van der Waals surface area contributed by atoms with Gasteiger partial charge in [-0.25, -0.2) is 4.98 Å². The Morgan fingerprint density at radius 2 is 1.53 bits per heavy atom. The number of nitro groups is 1. The van der Waals surface area contributed by atoms with E-state index in [0.717, 1.165) is 28.7 Å². The second-order valence-corrected chi connectivity index (χ2v) is 14.6. The van der Waals surface area contributed by atoms with Gasteiger partial charge in [-0.05, 0) is 127 Å². The van der Waals surface area contributed by atoms with Crippen molar-refractivity contribution in [2.75, 3.05) is 11.9 Å². The van der Waals surface area contributed by atoms with Crippen LogP contribution in [0.25, 0.3) is 33.8 Å². The van der Waals surface area contributed by atoms with E-state index in [1.54, 1.807) is 77.9 Å². The van der Waals surface area contributed by atoms with E-state index in [1.165, 1.54) is 12.1 Å². The number of carbonyl (C=O) groups is 5. The van der Waals surface area contributed by atoms with Crippen LogP contribution in [0, 0.1) is 10.1 Å². The first-order valence-corrected chi connectivity index (χ1v) is 19.5. The van der Waals surface area contributed by atoms with Gasteiger partial charge in [0.05, 0.1) is 16.9 Å². The normalized spacial score (nSPS) is 14.7. The molecule has 4 aromatic carbocycles. The number of unbranched alkanes of at least 4 members (excludes halogenated alkanes) is 1. The Morgan fingerprint density at radius 1 is 0.817 bits per heavy atom. The smallest absolute Gasteiger partial charge is 0.269 e. The molecule has 300 valence electrons. The Labute approximate surface area is 343 Å². The van der Waals surface area contributed by atoms with Gasteiger partial charge < -0.3 is 20.0 Å². The van der Waals surface area contributed by atoms with Crippen LogP contribution in [0.3, 0.4) is 0 Å². The van der Waals surface area contributed by atoms with Crippen LogP contribution >= 0.6 is 0 Å². The quantitative estimate of drug-likeness (QED) is 0.0463. The Bertz CT molecular complexity index is 2620. The lowest BCUT2D eigenvalue weighted by Gasteiger charge is -2.29. The number of hydrogen-bond donors (Lipinski definition) is 3. The Hall–Kier alpha value is -7.74. The number of nitro benzene ring substituents is 1. The molecule has 2 aliphatic heterocycles. The van der Waals surface area contributed by atoms with Crippen molar-refractivity contribution in [2.45, 2.75) is 44.7 Å². The predicted molar refractivity (Wildman–Crippen MR) is 222 cm³/mol. The van der Waals surface area contributed by atoms with Crippen molar-refractivity contribution in [3.63, 3.8) is 0 Å². The highest BCUT2D eigenvalue weighted by atomic mass is 16.6. The minimum absolute atomic E-state index is 0.0198. The van der Waals surface area contributed by atoms with E-state index in [4.69, 9.17) is 9.40 Å². The fourth-order valence-electron chi connectivity index (χ4n) is 7.50. The number of anilines is 1. The number of non-ortho nitro benzene ring substituents is 1. The molecule has 1 unspecified atom stereocenters. The highest BCUT2D eigenvalue weighted by Crippen LogP contribution is 2.33. The summed E-state index contributed by atoms with van der Waals surface area (Å²) in [5.41, 5.74) is 7.40. The van der Waals surface area contributed by atoms with E-state index in [-0.39, 0.29) is 35.7 Å². The maximum absolute atomic E-state index is 13.2. The van der Waals surface area contributed by atoms with Gasteiger partial charge in [0.15, 0.2) is 5.76 Å². The number of hydrogen-bond acceptors (Lipinski definition) is 9. The number of amides is 5. The molecule has 8 rings (SSSR count). The van der Waals surface area contributed by atoms with E-state index in [1.807, 2.05) is 36.4 Å².